The number of fused-ring (bicyclic) bond motifs is 1. The van der Waals surface area contributed by atoms with Crippen molar-refractivity contribution in [3.63, 3.8) is 0 Å². The van der Waals surface area contributed by atoms with Crippen LogP contribution in [0.1, 0.15) is 31.2 Å². The molecule has 0 amide bonds. The summed E-state index contributed by atoms with van der Waals surface area (Å²) in [6.45, 7) is 2.78. The van der Waals surface area contributed by atoms with Crippen molar-refractivity contribution in [1.82, 2.24) is 9.97 Å². The van der Waals surface area contributed by atoms with E-state index in [1.165, 1.54) is 0 Å². The van der Waals surface area contributed by atoms with Gasteiger partial charge in [0.25, 0.3) is 0 Å². The van der Waals surface area contributed by atoms with Crippen LogP contribution in [0.4, 0.5) is 0 Å². The number of benzene rings is 2. The number of ether oxygens (including phenoxy) is 2. The third-order valence-corrected chi connectivity index (χ3v) is 4.02. The molecule has 1 aromatic heterocycles. The maximum Gasteiger partial charge on any atom is 0.161 e. The Kier molecular flexibility index (Phi) is 5.55. The van der Waals surface area contributed by atoms with Crippen LogP contribution in [0.2, 0.25) is 0 Å². The Balaban J connectivity index is 1.90. The van der Waals surface area contributed by atoms with E-state index in [0.29, 0.717) is 29.5 Å². The molecule has 0 unspecified atom stereocenters. The standard InChI is InChI=1S/C21H21N3O2/c1-3-4-11-26-19-10-9-15(13-20(19)25-2)12-16(14-22)21-23-17-7-5-6-8-18(17)24-21/h5-10,12-13H,3-4,11H2,1-2H3,(H,23,24)/b16-12-. The lowest BCUT2D eigenvalue weighted by Gasteiger charge is -2.11. The van der Waals surface area contributed by atoms with Gasteiger partial charge in [0.15, 0.2) is 11.5 Å². The van der Waals surface area contributed by atoms with Crippen LogP contribution in [-0.4, -0.2) is 23.7 Å². The Morgan fingerprint density at radius 2 is 2.08 bits per heavy atom. The maximum atomic E-state index is 9.56. The molecule has 1 heterocycles. The summed E-state index contributed by atoms with van der Waals surface area (Å²) < 4.78 is 11.2. The summed E-state index contributed by atoms with van der Waals surface area (Å²) in [5, 5.41) is 9.56. The third kappa shape index (κ3) is 3.86. The summed E-state index contributed by atoms with van der Waals surface area (Å²) in [5.74, 6) is 1.91. The zero-order valence-corrected chi connectivity index (χ0v) is 15.0. The Morgan fingerprint density at radius 3 is 2.81 bits per heavy atom. The van der Waals surface area contributed by atoms with Crippen LogP contribution >= 0.6 is 0 Å². The molecule has 1 N–H and O–H groups in total. The molecule has 0 fully saturated rings. The van der Waals surface area contributed by atoms with Gasteiger partial charge in [-0.15, -0.1) is 0 Å². The van der Waals surface area contributed by atoms with E-state index in [1.54, 1.807) is 13.2 Å². The van der Waals surface area contributed by atoms with Gasteiger partial charge in [-0.1, -0.05) is 31.5 Å². The normalized spacial score (nSPS) is 11.3. The summed E-state index contributed by atoms with van der Waals surface area (Å²) in [4.78, 5) is 7.67. The van der Waals surface area contributed by atoms with Crippen LogP contribution in [0.3, 0.4) is 0 Å². The van der Waals surface area contributed by atoms with E-state index in [9.17, 15) is 5.26 Å². The number of unbranched alkanes of at least 4 members (excludes halogenated alkanes) is 1. The van der Waals surface area contributed by atoms with Crippen LogP contribution in [0, 0.1) is 11.3 Å². The van der Waals surface area contributed by atoms with Gasteiger partial charge in [-0.25, -0.2) is 4.98 Å². The number of rotatable bonds is 7. The van der Waals surface area contributed by atoms with Gasteiger partial charge in [-0.2, -0.15) is 5.26 Å². The van der Waals surface area contributed by atoms with Crippen LogP contribution in [0.25, 0.3) is 22.7 Å². The molecule has 0 saturated heterocycles. The number of allylic oxidation sites excluding steroid dienone is 1. The molecular weight excluding hydrogens is 326 g/mol. The van der Waals surface area contributed by atoms with Gasteiger partial charge in [0.1, 0.15) is 11.9 Å². The molecule has 5 heteroatoms. The minimum atomic E-state index is 0.461. The van der Waals surface area contributed by atoms with Crippen molar-refractivity contribution in [2.45, 2.75) is 19.8 Å². The first-order valence-corrected chi connectivity index (χ1v) is 8.63. The number of nitrogens with one attached hydrogen (secondary N) is 1. The average molecular weight is 347 g/mol. The lowest BCUT2D eigenvalue weighted by molar-refractivity contribution is 0.288. The zero-order chi connectivity index (χ0) is 18.4. The minimum absolute atomic E-state index is 0.461. The van der Waals surface area contributed by atoms with E-state index in [0.717, 1.165) is 29.4 Å². The van der Waals surface area contributed by atoms with E-state index in [1.807, 2.05) is 42.5 Å². The number of nitrogens with zero attached hydrogens (tertiary/aromatic N) is 2. The van der Waals surface area contributed by atoms with Gasteiger partial charge >= 0.3 is 0 Å². The molecule has 0 aliphatic carbocycles. The monoisotopic (exact) mass is 347 g/mol. The van der Waals surface area contributed by atoms with Gasteiger partial charge in [-0.3, -0.25) is 0 Å². The van der Waals surface area contributed by atoms with E-state index in [4.69, 9.17) is 9.47 Å². The summed E-state index contributed by atoms with van der Waals surface area (Å²) in [6, 6.07) is 15.6. The molecule has 0 spiro atoms. The topological polar surface area (TPSA) is 70.9 Å². The SMILES string of the molecule is CCCCOc1ccc(/C=C(/C#N)c2nc3ccccc3[nH]2)cc1OC. The van der Waals surface area contributed by atoms with E-state index in [2.05, 4.69) is 23.0 Å². The first kappa shape index (κ1) is 17.6. The van der Waals surface area contributed by atoms with Crippen LogP contribution in [0.15, 0.2) is 42.5 Å². The van der Waals surface area contributed by atoms with Crippen molar-refractivity contribution in [1.29, 1.82) is 5.26 Å². The highest BCUT2D eigenvalue weighted by Crippen LogP contribution is 2.30. The van der Waals surface area contributed by atoms with Gasteiger partial charge in [0.2, 0.25) is 0 Å². The lowest BCUT2D eigenvalue weighted by Crippen LogP contribution is -1.99. The summed E-state index contributed by atoms with van der Waals surface area (Å²) in [7, 11) is 1.61. The van der Waals surface area contributed by atoms with Gasteiger partial charge in [-0.05, 0) is 42.3 Å². The van der Waals surface area contributed by atoms with Gasteiger partial charge < -0.3 is 14.5 Å². The maximum absolute atomic E-state index is 9.56. The Morgan fingerprint density at radius 1 is 1.23 bits per heavy atom. The average Bonchev–Trinajstić information content (AvgIpc) is 3.11. The van der Waals surface area contributed by atoms with Crippen LogP contribution < -0.4 is 9.47 Å². The molecule has 0 saturated carbocycles. The lowest BCUT2D eigenvalue weighted by atomic mass is 10.1. The van der Waals surface area contributed by atoms with Crippen LogP contribution in [0.5, 0.6) is 11.5 Å². The fourth-order valence-corrected chi connectivity index (χ4v) is 2.62. The predicted molar refractivity (Wildman–Crippen MR) is 103 cm³/mol. The molecule has 3 rings (SSSR count). The number of para-hydroxylation sites is 2. The van der Waals surface area contributed by atoms with Crippen molar-refractivity contribution in [3.05, 3.63) is 53.9 Å². The highest BCUT2D eigenvalue weighted by molar-refractivity contribution is 5.90. The number of hydrogen-bond donors (Lipinski definition) is 1. The summed E-state index contributed by atoms with van der Waals surface area (Å²) in [5.41, 5.74) is 3.05. The Hall–Kier alpha value is -3.26. The number of nitriles is 1. The van der Waals surface area contributed by atoms with Gasteiger partial charge in [0.05, 0.1) is 30.3 Å². The highest BCUT2D eigenvalue weighted by atomic mass is 16.5. The molecular formula is C21H21N3O2. The first-order chi connectivity index (χ1) is 12.7. The third-order valence-electron chi connectivity index (χ3n) is 4.02. The highest BCUT2D eigenvalue weighted by Gasteiger charge is 2.09. The minimum Gasteiger partial charge on any atom is -0.493 e. The second-order valence-electron chi connectivity index (χ2n) is 5.88. The fraction of sp³-hybridized carbons (Fsp3) is 0.238. The largest absolute Gasteiger partial charge is 0.493 e. The predicted octanol–water partition coefficient (Wildman–Crippen LogP) is 4.81. The number of aromatic nitrogens is 2. The van der Waals surface area contributed by atoms with Crippen molar-refractivity contribution >= 4 is 22.7 Å². The Bertz CT molecular complexity index is 934. The zero-order valence-electron chi connectivity index (χ0n) is 15.0. The number of aromatic amines is 1. The smallest absolute Gasteiger partial charge is 0.161 e. The molecule has 0 radical (unpaired) electrons. The molecule has 0 bridgehead atoms. The van der Waals surface area contributed by atoms with Crippen molar-refractivity contribution in [3.8, 4) is 17.6 Å². The number of methoxy groups -OCH3 is 1. The molecule has 3 aromatic rings. The molecule has 132 valence electrons. The van der Waals surface area contributed by atoms with Crippen molar-refractivity contribution in [2.75, 3.05) is 13.7 Å². The van der Waals surface area contributed by atoms with Crippen LogP contribution in [-0.2, 0) is 0 Å². The van der Waals surface area contributed by atoms with E-state index in [-0.39, 0.29) is 0 Å². The van der Waals surface area contributed by atoms with Crippen molar-refractivity contribution < 1.29 is 9.47 Å². The molecule has 0 aliphatic rings. The number of H-pyrrole nitrogens is 1. The summed E-state index contributed by atoms with van der Waals surface area (Å²) in [6.07, 6.45) is 3.86. The molecule has 26 heavy (non-hydrogen) atoms. The number of imidazole rings is 1. The van der Waals surface area contributed by atoms with E-state index < -0.39 is 0 Å². The second kappa shape index (κ2) is 8.21. The molecule has 5 nitrogen and oxygen atoms in total. The van der Waals surface area contributed by atoms with Gasteiger partial charge in [0, 0.05) is 0 Å². The fourth-order valence-electron chi connectivity index (χ4n) is 2.62. The summed E-state index contributed by atoms with van der Waals surface area (Å²) >= 11 is 0. The number of hydrogen-bond acceptors (Lipinski definition) is 4. The van der Waals surface area contributed by atoms with E-state index >= 15 is 0 Å². The molecule has 0 aliphatic heterocycles. The molecule has 2 aromatic carbocycles. The van der Waals surface area contributed by atoms with Crippen molar-refractivity contribution in [2.24, 2.45) is 0 Å². The molecule has 0 atom stereocenters. The Labute approximate surface area is 152 Å². The quantitative estimate of drug-likeness (QED) is 0.491. The first-order valence-electron chi connectivity index (χ1n) is 8.63. The second-order valence-corrected chi connectivity index (χ2v) is 5.88.